The molecule has 0 saturated carbocycles. The average molecular weight is 374 g/mol. The van der Waals surface area contributed by atoms with Crippen LogP contribution < -0.4 is 5.32 Å². The Morgan fingerprint density at radius 2 is 2.16 bits per heavy atom. The quantitative estimate of drug-likeness (QED) is 0.816. The summed E-state index contributed by atoms with van der Waals surface area (Å²) in [5.74, 6) is 0.00572. The average Bonchev–Trinajstić information content (AvgIpc) is 2.43. The number of hydrogen-bond acceptors (Lipinski definition) is 3. The normalized spacial score (nSPS) is 16.3. The summed E-state index contributed by atoms with van der Waals surface area (Å²) < 4.78 is 6.41. The van der Waals surface area contributed by atoms with Gasteiger partial charge in [-0.05, 0) is 47.2 Å². The van der Waals surface area contributed by atoms with Crippen molar-refractivity contribution in [1.29, 1.82) is 0 Å². The van der Waals surface area contributed by atoms with Crippen LogP contribution in [0.25, 0.3) is 0 Å². The fourth-order valence-corrected chi connectivity index (χ4v) is 2.50. The lowest BCUT2D eigenvalue weighted by Gasteiger charge is -2.26. The lowest BCUT2D eigenvalue weighted by Crippen LogP contribution is -2.41. The third kappa shape index (κ3) is 4.43. The number of nitrogens with zero attached hydrogens (tertiary/aromatic N) is 1. The van der Waals surface area contributed by atoms with Gasteiger partial charge in [0.15, 0.2) is 0 Å². The number of rotatable bonds is 4. The first-order chi connectivity index (χ1) is 9.16. The van der Waals surface area contributed by atoms with Crippen molar-refractivity contribution < 1.29 is 9.53 Å². The third-order valence-corrected chi connectivity index (χ3v) is 4.41. The highest BCUT2D eigenvalue weighted by Crippen LogP contribution is 2.13. The summed E-state index contributed by atoms with van der Waals surface area (Å²) in [5.41, 5.74) is 1.93. The third-order valence-electron chi connectivity index (χ3n) is 3.25. The number of halogens is 1. The number of morpholine rings is 1. The van der Waals surface area contributed by atoms with Crippen LogP contribution in [0.1, 0.15) is 15.9 Å². The smallest absolute Gasteiger partial charge is 0.251 e. The molecule has 1 amide bonds. The van der Waals surface area contributed by atoms with E-state index < -0.39 is 0 Å². The van der Waals surface area contributed by atoms with Gasteiger partial charge in [-0.3, -0.25) is 9.69 Å². The zero-order valence-corrected chi connectivity index (χ0v) is 13.3. The minimum atomic E-state index is 0.00572. The van der Waals surface area contributed by atoms with Gasteiger partial charge >= 0.3 is 0 Å². The molecule has 1 aliphatic rings. The van der Waals surface area contributed by atoms with Gasteiger partial charge in [-0.2, -0.15) is 0 Å². The van der Waals surface area contributed by atoms with E-state index in [1.807, 2.05) is 25.1 Å². The summed E-state index contributed by atoms with van der Waals surface area (Å²) >= 11 is 2.25. The second-order valence-electron chi connectivity index (χ2n) is 4.67. The topological polar surface area (TPSA) is 41.6 Å². The number of carbonyl (C=O) groups excluding carboxylic acids is 1. The lowest BCUT2D eigenvalue weighted by atomic mass is 10.1. The molecule has 0 aliphatic carbocycles. The van der Waals surface area contributed by atoms with Crippen LogP contribution in [0.2, 0.25) is 0 Å². The second kappa shape index (κ2) is 7.21. The molecule has 1 aromatic rings. The lowest BCUT2D eigenvalue weighted by molar-refractivity contribution is 0.0383. The maximum absolute atomic E-state index is 12.0. The van der Waals surface area contributed by atoms with E-state index in [0.29, 0.717) is 6.54 Å². The van der Waals surface area contributed by atoms with Gasteiger partial charge < -0.3 is 10.1 Å². The first-order valence-corrected chi connectivity index (χ1v) is 7.59. The molecule has 0 bridgehead atoms. The molecular weight excluding hydrogens is 355 g/mol. The largest absolute Gasteiger partial charge is 0.379 e. The molecule has 19 heavy (non-hydrogen) atoms. The van der Waals surface area contributed by atoms with Gasteiger partial charge in [-0.15, -0.1) is 0 Å². The SMILES string of the molecule is Cc1ccc(C(=O)NCCN2CCOCC2)cc1I. The molecule has 2 rings (SSSR count). The number of nitrogens with one attached hydrogen (secondary N) is 1. The van der Waals surface area contributed by atoms with Gasteiger partial charge in [0.05, 0.1) is 13.2 Å². The monoisotopic (exact) mass is 374 g/mol. The van der Waals surface area contributed by atoms with Crippen molar-refractivity contribution in [3.05, 3.63) is 32.9 Å². The van der Waals surface area contributed by atoms with Gasteiger partial charge in [-0.25, -0.2) is 0 Å². The molecule has 0 radical (unpaired) electrons. The summed E-state index contributed by atoms with van der Waals surface area (Å²) in [7, 11) is 0. The highest BCUT2D eigenvalue weighted by Gasteiger charge is 2.11. The van der Waals surface area contributed by atoms with Crippen molar-refractivity contribution >= 4 is 28.5 Å². The van der Waals surface area contributed by atoms with E-state index in [9.17, 15) is 4.79 Å². The predicted molar refractivity (Wildman–Crippen MR) is 83.5 cm³/mol. The van der Waals surface area contributed by atoms with Crippen LogP contribution in [0.4, 0.5) is 0 Å². The molecule has 1 N–H and O–H groups in total. The van der Waals surface area contributed by atoms with Crippen LogP contribution in [0, 0.1) is 10.5 Å². The van der Waals surface area contributed by atoms with E-state index >= 15 is 0 Å². The van der Waals surface area contributed by atoms with Gasteiger partial charge in [0.2, 0.25) is 0 Å². The van der Waals surface area contributed by atoms with Crippen molar-refractivity contribution in [2.24, 2.45) is 0 Å². The summed E-state index contributed by atoms with van der Waals surface area (Å²) in [4.78, 5) is 14.3. The zero-order chi connectivity index (χ0) is 13.7. The standard InChI is InChI=1S/C14H19IN2O2/c1-11-2-3-12(10-13(11)15)14(18)16-4-5-17-6-8-19-9-7-17/h2-3,10H,4-9H2,1H3,(H,16,18). The van der Waals surface area contributed by atoms with Gasteiger partial charge in [0.25, 0.3) is 5.91 Å². The van der Waals surface area contributed by atoms with E-state index in [0.717, 1.165) is 42.0 Å². The molecule has 1 aromatic carbocycles. The molecule has 104 valence electrons. The van der Waals surface area contributed by atoms with Crippen LogP contribution in [-0.4, -0.2) is 50.2 Å². The van der Waals surface area contributed by atoms with Crippen LogP contribution in [-0.2, 0) is 4.74 Å². The molecule has 0 atom stereocenters. The summed E-state index contributed by atoms with van der Waals surface area (Å²) in [6.45, 7) is 7.12. The number of benzene rings is 1. The van der Waals surface area contributed by atoms with Crippen molar-refractivity contribution in [1.82, 2.24) is 10.2 Å². The van der Waals surface area contributed by atoms with Gasteiger partial charge in [0.1, 0.15) is 0 Å². The van der Waals surface area contributed by atoms with Crippen LogP contribution >= 0.6 is 22.6 Å². The molecule has 1 heterocycles. The summed E-state index contributed by atoms with van der Waals surface area (Å²) in [5, 5.41) is 2.97. The molecule has 1 aliphatic heterocycles. The molecule has 5 heteroatoms. The zero-order valence-electron chi connectivity index (χ0n) is 11.1. The maximum Gasteiger partial charge on any atom is 0.251 e. The van der Waals surface area contributed by atoms with Crippen LogP contribution in [0.3, 0.4) is 0 Å². The van der Waals surface area contributed by atoms with E-state index in [2.05, 4.69) is 32.8 Å². The molecule has 0 unspecified atom stereocenters. The first-order valence-electron chi connectivity index (χ1n) is 6.51. The minimum Gasteiger partial charge on any atom is -0.379 e. The van der Waals surface area contributed by atoms with Crippen molar-refractivity contribution in [2.45, 2.75) is 6.92 Å². The Bertz CT molecular complexity index is 445. The Kier molecular flexibility index (Phi) is 5.59. The summed E-state index contributed by atoms with van der Waals surface area (Å²) in [6.07, 6.45) is 0. The summed E-state index contributed by atoms with van der Waals surface area (Å²) in [6, 6.07) is 5.79. The molecule has 1 fully saturated rings. The number of aryl methyl sites for hydroxylation is 1. The maximum atomic E-state index is 12.0. The highest BCUT2D eigenvalue weighted by atomic mass is 127. The predicted octanol–water partition coefficient (Wildman–Crippen LogP) is 1.66. The Hall–Kier alpha value is -0.660. The van der Waals surface area contributed by atoms with Crippen molar-refractivity contribution in [2.75, 3.05) is 39.4 Å². The van der Waals surface area contributed by atoms with E-state index in [4.69, 9.17) is 4.74 Å². The Morgan fingerprint density at radius 1 is 1.42 bits per heavy atom. The first kappa shape index (κ1) is 14.7. The Labute approximate surface area is 127 Å². The second-order valence-corrected chi connectivity index (χ2v) is 5.84. The molecular formula is C14H19IN2O2. The van der Waals surface area contributed by atoms with Crippen LogP contribution in [0.5, 0.6) is 0 Å². The van der Waals surface area contributed by atoms with E-state index in [1.165, 1.54) is 5.56 Å². The number of hydrogen-bond donors (Lipinski definition) is 1. The van der Waals surface area contributed by atoms with E-state index in [-0.39, 0.29) is 5.91 Å². The Morgan fingerprint density at radius 3 is 2.84 bits per heavy atom. The molecule has 0 spiro atoms. The fraction of sp³-hybridized carbons (Fsp3) is 0.500. The van der Waals surface area contributed by atoms with Gasteiger partial charge in [-0.1, -0.05) is 6.07 Å². The highest BCUT2D eigenvalue weighted by molar-refractivity contribution is 14.1. The molecule has 4 nitrogen and oxygen atoms in total. The Balaban J connectivity index is 1.78. The van der Waals surface area contributed by atoms with Crippen molar-refractivity contribution in [3.63, 3.8) is 0 Å². The molecule has 0 aromatic heterocycles. The van der Waals surface area contributed by atoms with Crippen LogP contribution in [0.15, 0.2) is 18.2 Å². The number of ether oxygens (including phenoxy) is 1. The van der Waals surface area contributed by atoms with E-state index in [1.54, 1.807) is 0 Å². The van der Waals surface area contributed by atoms with Crippen molar-refractivity contribution in [3.8, 4) is 0 Å². The van der Waals surface area contributed by atoms with Gasteiger partial charge in [0, 0.05) is 35.3 Å². The number of carbonyl (C=O) groups is 1. The molecule has 1 saturated heterocycles. The minimum absolute atomic E-state index is 0.00572. The number of amides is 1. The fourth-order valence-electron chi connectivity index (χ4n) is 1.99.